The normalized spacial score (nSPS) is 25.4. The molecule has 4 aliphatic rings. The number of rotatable bonds is 5. The minimum atomic E-state index is -1.37. The number of carboxylic acid groups (broad SMARTS) is 1. The second kappa shape index (κ2) is 9.98. The number of carboxylic acids is 1. The lowest BCUT2D eigenvalue weighted by molar-refractivity contribution is -0.150. The summed E-state index contributed by atoms with van der Waals surface area (Å²) in [6.07, 6.45) is 4.28. The molecule has 1 aliphatic heterocycles. The van der Waals surface area contributed by atoms with Gasteiger partial charge in [-0.1, -0.05) is 0 Å². The molecule has 5 N–H and O–H groups in total. The number of carbonyl (C=O) groups is 1. The van der Waals surface area contributed by atoms with Gasteiger partial charge in [-0.2, -0.15) is 5.26 Å². The molecule has 0 radical (unpaired) electrons. The monoisotopic (exact) mass is 593 g/mol. The maximum Gasteiger partial charge on any atom is 0.308 e. The van der Waals surface area contributed by atoms with Gasteiger partial charge in [0.15, 0.2) is 0 Å². The number of allylic oxidation sites excluding steroid dienone is 2. The smallest absolute Gasteiger partial charge is 0.308 e. The van der Waals surface area contributed by atoms with Crippen LogP contribution in [-0.2, 0) is 4.79 Å². The molecule has 3 fully saturated rings. The van der Waals surface area contributed by atoms with Gasteiger partial charge < -0.3 is 20.4 Å². The standard InChI is InChI=1S/C31H24F5N5O2/c32-14-5-16-19(10-38-28(16)21(34)7-14)24-18(9-37)27(20-11-39-29-17(20)6-15(33)8-22(29)35)41-30(25(24)36)40-26-13-3-1-12(2-4-13)23(26)31(42)43/h5-8,10-13,23,26,30,38-41H,1-4H2,(H,42,43). The fourth-order valence-electron chi connectivity index (χ4n) is 7.33. The number of fused-ring (bicyclic) bond motifs is 5. The van der Waals surface area contributed by atoms with Gasteiger partial charge in [0.2, 0.25) is 0 Å². The van der Waals surface area contributed by atoms with Gasteiger partial charge in [-0.15, -0.1) is 0 Å². The van der Waals surface area contributed by atoms with E-state index in [4.69, 9.17) is 0 Å². The molecule has 43 heavy (non-hydrogen) atoms. The number of aromatic amines is 2. The van der Waals surface area contributed by atoms with Crippen molar-refractivity contribution in [3.63, 3.8) is 0 Å². The Morgan fingerprint density at radius 2 is 1.42 bits per heavy atom. The number of aliphatic carboxylic acids is 1. The number of aromatic nitrogens is 2. The molecule has 0 amide bonds. The molecule has 2 aromatic heterocycles. The summed E-state index contributed by atoms with van der Waals surface area (Å²) in [6.45, 7) is 0. The summed E-state index contributed by atoms with van der Waals surface area (Å²) in [5, 5.41) is 26.6. The lowest BCUT2D eigenvalue weighted by Gasteiger charge is -2.48. The number of nitrogens with zero attached hydrogens (tertiary/aromatic N) is 1. The van der Waals surface area contributed by atoms with E-state index in [0.717, 1.165) is 37.8 Å². The van der Waals surface area contributed by atoms with Crippen molar-refractivity contribution in [3.8, 4) is 6.07 Å². The van der Waals surface area contributed by atoms with Crippen molar-refractivity contribution in [1.82, 2.24) is 20.6 Å². The Balaban J connectivity index is 1.44. The Kier molecular flexibility index (Phi) is 6.32. The molecule has 2 bridgehead atoms. The van der Waals surface area contributed by atoms with Gasteiger partial charge in [0.05, 0.1) is 28.2 Å². The van der Waals surface area contributed by atoms with Crippen LogP contribution >= 0.6 is 0 Å². The molecule has 3 unspecified atom stereocenters. The van der Waals surface area contributed by atoms with Crippen LogP contribution in [0.1, 0.15) is 36.8 Å². The molecule has 0 saturated heterocycles. The fraction of sp³-hybridized carbons (Fsp3) is 0.290. The number of dihydropyridines is 1. The first-order chi connectivity index (χ1) is 20.7. The van der Waals surface area contributed by atoms with Crippen molar-refractivity contribution in [2.24, 2.45) is 17.8 Å². The van der Waals surface area contributed by atoms with Gasteiger partial charge in [-0.05, 0) is 49.7 Å². The lowest BCUT2D eigenvalue weighted by atomic mass is 9.61. The van der Waals surface area contributed by atoms with E-state index in [1.165, 1.54) is 12.4 Å². The molecular formula is C31H24F5N5O2. The predicted molar refractivity (Wildman–Crippen MR) is 147 cm³/mol. The third-order valence-electron chi connectivity index (χ3n) is 9.21. The van der Waals surface area contributed by atoms with Gasteiger partial charge in [-0.3, -0.25) is 10.1 Å². The molecule has 220 valence electrons. The molecular weight excluding hydrogens is 569 g/mol. The quantitative estimate of drug-likeness (QED) is 0.176. The van der Waals surface area contributed by atoms with Crippen molar-refractivity contribution in [3.05, 3.63) is 82.5 Å². The highest BCUT2D eigenvalue weighted by Gasteiger charge is 2.48. The number of hydrogen-bond donors (Lipinski definition) is 5. The zero-order valence-corrected chi connectivity index (χ0v) is 22.4. The summed E-state index contributed by atoms with van der Waals surface area (Å²) < 4.78 is 74.7. The average molecular weight is 594 g/mol. The Bertz CT molecular complexity index is 1930. The predicted octanol–water partition coefficient (Wildman–Crippen LogP) is 6.23. The van der Waals surface area contributed by atoms with Gasteiger partial charge in [0.1, 0.15) is 41.3 Å². The first-order valence-electron chi connectivity index (χ1n) is 13.9. The molecule has 3 heterocycles. The summed E-state index contributed by atoms with van der Waals surface area (Å²) in [5.74, 6) is -6.37. The van der Waals surface area contributed by atoms with Crippen molar-refractivity contribution >= 4 is 39.0 Å². The number of benzene rings is 2. The average Bonchev–Trinajstić information content (AvgIpc) is 3.59. The summed E-state index contributed by atoms with van der Waals surface area (Å²) >= 11 is 0. The van der Waals surface area contributed by atoms with Gasteiger partial charge in [0.25, 0.3) is 0 Å². The Morgan fingerprint density at radius 1 is 0.860 bits per heavy atom. The number of H-pyrrole nitrogens is 2. The van der Waals surface area contributed by atoms with E-state index >= 15 is 4.39 Å². The first-order valence-corrected chi connectivity index (χ1v) is 13.9. The van der Waals surface area contributed by atoms with Crippen LogP contribution in [0.4, 0.5) is 22.0 Å². The molecule has 7 nitrogen and oxygen atoms in total. The molecule has 3 atom stereocenters. The van der Waals surface area contributed by atoms with Crippen LogP contribution < -0.4 is 10.6 Å². The number of hydrogen-bond acceptors (Lipinski definition) is 4. The summed E-state index contributed by atoms with van der Waals surface area (Å²) in [4.78, 5) is 17.7. The Morgan fingerprint density at radius 3 is 2.00 bits per heavy atom. The van der Waals surface area contributed by atoms with Crippen LogP contribution in [0.15, 0.2) is 48.1 Å². The maximum atomic E-state index is 16.7. The molecule has 4 aromatic rings. The third kappa shape index (κ3) is 4.21. The van der Waals surface area contributed by atoms with Gasteiger partial charge in [-0.25, -0.2) is 22.0 Å². The van der Waals surface area contributed by atoms with Crippen molar-refractivity contribution < 1.29 is 31.9 Å². The van der Waals surface area contributed by atoms with Crippen LogP contribution in [0.5, 0.6) is 0 Å². The third-order valence-corrected chi connectivity index (χ3v) is 9.21. The fourth-order valence-corrected chi connectivity index (χ4v) is 7.33. The highest BCUT2D eigenvalue weighted by atomic mass is 19.1. The van der Waals surface area contributed by atoms with Crippen LogP contribution in [0.3, 0.4) is 0 Å². The molecule has 12 heteroatoms. The van der Waals surface area contributed by atoms with Crippen LogP contribution in [0.25, 0.3) is 33.1 Å². The van der Waals surface area contributed by atoms with E-state index < -0.39 is 53.2 Å². The second-order valence-electron chi connectivity index (χ2n) is 11.4. The van der Waals surface area contributed by atoms with E-state index in [0.29, 0.717) is 12.1 Å². The van der Waals surface area contributed by atoms with E-state index in [-0.39, 0.29) is 61.6 Å². The van der Waals surface area contributed by atoms with E-state index in [2.05, 4.69) is 20.6 Å². The van der Waals surface area contributed by atoms with Crippen LogP contribution in [0.2, 0.25) is 0 Å². The SMILES string of the molecule is N#CC1=C(c2c[nH]c3c(F)cc(F)cc23)NC(NC2C3CCC(CC3)C2C(=O)O)C(F)=C1c1c[nH]c2c(F)cc(F)cc12. The largest absolute Gasteiger partial charge is 0.481 e. The van der Waals surface area contributed by atoms with Gasteiger partial charge in [0, 0.05) is 58.0 Å². The minimum absolute atomic E-state index is 0.00622. The van der Waals surface area contributed by atoms with E-state index in [9.17, 15) is 32.7 Å². The maximum absolute atomic E-state index is 16.7. The highest BCUT2D eigenvalue weighted by molar-refractivity contribution is 6.06. The zero-order chi connectivity index (χ0) is 30.2. The van der Waals surface area contributed by atoms with Crippen molar-refractivity contribution in [1.29, 1.82) is 5.26 Å². The molecule has 2 aromatic carbocycles. The van der Waals surface area contributed by atoms with Crippen molar-refractivity contribution in [2.75, 3.05) is 0 Å². The number of nitriles is 1. The topological polar surface area (TPSA) is 117 Å². The molecule has 3 saturated carbocycles. The Labute approximate surface area is 241 Å². The summed E-state index contributed by atoms with van der Waals surface area (Å²) in [5.41, 5.74) is -0.562. The van der Waals surface area contributed by atoms with Gasteiger partial charge >= 0.3 is 5.97 Å². The highest BCUT2D eigenvalue weighted by Crippen LogP contribution is 2.47. The number of halogens is 5. The van der Waals surface area contributed by atoms with Crippen molar-refractivity contribution in [2.45, 2.75) is 37.9 Å². The first kappa shape index (κ1) is 27.2. The number of nitrogens with one attached hydrogen (secondary N) is 4. The minimum Gasteiger partial charge on any atom is -0.481 e. The van der Waals surface area contributed by atoms with Crippen LogP contribution in [0, 0.1) is 52.4 Å². The second-order valence-corrected chi connectivity index (χ2v) is 11.4. The molecule has 3 aliphatic carbocycles. The molecule has 0 spiro atoms. The molecule has 8 rings (SSSR count). The Hall–Kier alpha value is -4.63. The van der Waals surface area contributed by atoms with Crippen LogP contribution in [-0.4, -0.2) is 33.3 Å². The lowest BCUT2D eigenvalue weighted by Crippen LogP contribution is -2.60. The van der Waals surface area contributed by atoms with E-state index in [1.54, 1.807) is 0 Å². The van der Waals surface area contributed by atoms with E-state index in [1.807, 2.05) is 6.07 Å². The zero-order valence-electron chi connectivity index (χ0n) is 22.4. The summed E-state index contributed by atoms with van der Waals surface area (Å²) in [6, 6.07) is 4.81. The summed E-state index contributed by atoms with van der Waals surface area (Å²) in [7, 11) is 0.